The summed E-state index contributed by atoms with van der Waals surface area (Å²) in [6.45, 7) is 0. The summed E-state index contributed by atoms with van der Waals surface area (Å²) in [7, 11) is 2.98. The van der Waals surface area contributed by atoms with Gasteiger partial charge in [-0.1, -0.05) is 12.1 Å². The number of hydrogen-bond acceptors (Lipinski definition) is 7. The van der Waals surface area contributed by atoms with E-state index < -0.39 is 29.7 Å². The maximum atomic E-state index is 15.1. The Morgan fingerprint density at radius 1 is 1.20 bits per heavy atom. The van der Waals surface area contributed by atoms with E-state index in [2.05, 4.69) is 25.6 Å². The molecule has 2 heterocycles. The summed E-state index contributed by atoms with van der Waals surface area (Å²) in [5.74, 6) is -4.77. The van der Waals surface area contributed by atoms with Crippen molar-refractivity contribution in [1.82, 2.24) is 20.3 Å². The van der Waals surface area contributed by atoms with Crippen LogP contribution < -0.4 is 21.3 Å². The van der Waals surface area contributed by atoms with Gasteiger partial charge in [-0.15, -0.1) is 0 Å². The molecule has 2 atom stereocenters. The molecule has 0 radical (unpaired) electrons. The molecule has 4 rings (SSSR count). The number of nitrogens with one attached hydrogen (secondary N) is 2. The fraction of sp³-hybridized carbons (Fsp3) is 0.333. The summed E-state index contributed by atoms with van der Waals surface area (Å²) in [6.07, 6.45) is 3.78. The van der Waals surface area contributed by atoms with Crippen molar-refractivity contribution in [3.8, 4) is 11.4 Å². The molecule has 3 aromatic rings. The van der Waals surface area contributed by atoms with Gasteiger partial charge in [0.2, 0.25) is 0 Å². The topological polar surface area (TPSA) is 109 Å². The number of hydrogen-bond donors (Lipinski definition) is 3. The van der Waals surface area contributed by atoms with Crippen molar-refractivity contribution in [2.45, 2.75) is 37.3 Å². The third kappa shape index (κ3) is 5.04. The van der Waals surface area contributed by atoms with Gasteiger partial charge in [-0.05, 0) is 44.2 Å². The number of amides is 1. The van der Waals surface area contributed by atoms with Gasteiger partial charge >= 0.3 is 0 Å². The molecule has 0 aliphatic heterocycles. The predicted octanol–water partition coefficient (Wildman–Crippen LogP) is 3.73. The smallest absolute Gasteiger partial charge is 0.269 e. The Hall–Kier alpha value is -3.73. The average Bonchev–Trinajstić information content (AvgIpc) is 2.84. The van der Waals surface area contributed by atoms with Crippen LogP contribution in [0.1, 0.15) is 29.6 Å². The molecule has 184 valence electrons. The molecule has 1 amide bonds. The van der Waals surface area contributed by atoms with E-state index in [-0.39, 0.29) is 23.6 Å². The summed E-state index contributed by atoms with van der Waals surface area (Å²) in [5.41, 5.74) is 6.45. The van der Waals surface area contributed by atoms with Crippen LogP contribution in [0.5, 0.6) is 0 Å². The van der Waals surface area contributed by atoms with Crippen molar-refractivity contribution in [3.63, 3.8) is 0 Å². The third-order valence-electron chi connectivity index (χ3n) is 6.13. The van der Waals surface area contributed by atoms with E-state index >= 15 is 4.39 Å². The molecular weight excluding hydrogens is 459 g/mol. The molecule has 1 aromatic carbocycles. The number of anilines is 3. The maximum Gasteiger partial charge on any atom is 0.269 e. The van der Waals surface area contributed by atoms with Gasteiger partial charge in [-0.2, -0.15) is 0 Å². The average molecular weight is 486 g/mol. The highest BCUT2D eigenvalue weighted by molar-refractivity contribution is 5.98. The molecule has 11 heteroatoms. The van der Waals surface area contributed by atoms with Crippen molar-refractivity contribution in [2.75, 3.05) is 24.3 Å². The molecule has 0 spiro atoms. The maximum absolute atomic E-state index is 15.1. The summed E-state index contributed by atoms with van der Waals surface area (Å²) in [4.78, 5) is 25.9. The fourth-order valence-electron chi connectivity index (χ4n) is 4.48. The second-order valence-corrected chi connectivity index (χ2v) is 8.44. The first-order valence-corrected chi connectivity index (χ1v) is 11.1. The summed E-state index contributed by atoms with van der Waals surface area (Å²) in [6, 6.07) is 7.69. The van der Waals surface area contributed by atoms with Crippen molar-refractivity contribution >= 4 is 23.2 Å². The van der Waals surface area contributed by atoms with Crippen LogP contribution in [0.3, 0.4) is 0 Å². The van der Waals surface area contributed by atoms with Gasteiger partial charge in [-0.3, -0.25) is 4.79 Å². The highest BCUT2D eigenvalue weighted by atomic mass is 19.3. The van der Waals surface area contributed by atoms with E-state index in [1.165, 1.54) is 7.05 Å². The minimum Gasteiger partial charge on any atom is -0.365 e. The van der Waals surface area contributed by atoms with Gasteiger partial charge in [0, 0.05) is 43.2 Å². The summed E-state index contributed by atoms with van der Waals surface area (Å²) in [5, 5.41) is 5.88. The summed E-state index contributed by atoms with van der Waals surface area (Å²) >= 11 is 0. The van der Waals surface area contributed by atoms with Crippen molar-refractivity contribution in [2.24, 2.45) is 5.73 Å². The third-order valence-corrected chi connectivity index (χ3v) is 6.13. The first-order valence-electron chi connectivity index (χ1n) is 11.1. The van der Waals surface area contributed by atoms with Crippen LogP contribution in [0.25, 0.3) is 11.4 Å². The number of aromatic nitrogens is 3. The van der Waals surface area contributed by atoms with E-state index in [0.717, 1.165) is 11.0 Å². The monoisotopic (exact) mass is 485 g/mol. The molecule has 1 fully saturated rings. The van der Waals surface area contributed by atoms with E-state index in [9.17, 15) is 13.6 Å². The van der Waals surface area contributed by atoms with Crippen molar-refractivity contribution < 1.29 is 18.0 Å². The Balaban J connectivity index is 1.73. The number of likely N-dealkylation sites (N-methyl/N-ethyl adjacent to an activating group) is 2. The number of carbonyl (C=O) groups excluding carboxylic acids is 1. The lowest BCUT2D eigenvalue weighted by Crippen LogP contribution is -2.60. The Kier molecular flexibility index (Phi) is 6.88. The number of benzene rings is 1. The van der Waals surface area contributed by atoms with Crippen molar-refractivity contribution in [1.29, 1.82) is 0 Å². The number of halogens is 3. The largest absolute Gasteiger partial charge is 0.365 e. The van der Waals surface area contributed by atoms with Crippen LogP contribution >= 0.6 is 0 Å². The second-order valence-electron chi connectivity index (χ2n) is 8.44. The number of nitrogens with two attached hydrogens (primary N) is 1. The first-order chi connectivity index (χ1) is 16.7. The Bertz CT molecular complexity index is 1210. The number of nitrogens with zero attached hydrogens (tertiary/aromatic N) is 4. The highest BCUT2D eigenvalue weighted by Gasteiger charge is 2.49. The van der Waals surface area contributed by atoms with Gasteiger partial charge < -0.3 is 21.3 Å². The Labute approximate surface area is 200 Å². The molecular formula is C24H26F3N7O. The number of carbonyl (C=O) groups is 1. The lowest BCUT2D eigenvalue weighted by atomic mass is 9.86. The van der Waals surface area contributed by atoms with Gasteiger partial charge in [0.1, 0.15) is 11.9 Å². The first kappa shape index (κ1) is 24.4. The van der Waals surface area contributed by atoms with Crippen LogP contribution in [-0.2, 0) is 0 Å². The number of primary amides is 1. The standard InChI is InChI=1S/C24H26F3N7O/c1-29-18-8-4-9-24(26,27)19(18)34(2)23-17(25)13-16(20(28)35)22(33-23)32-15-7-3-6-14(12-15)21-30-10-5-11-31-21/h3,5-7,10-13,18-19,29H,4,8-9H2,1-2H3,(H2,28,35)(H,32,33). The van der Waals surface area contributed by atoms with Gasteiger partial charge in [0.05, 0.1) is 5.56 Å². The predicted molar refractivity (Wildman–Crippen MR) is 127 cm³/mol. The van der Waals surface area contributed by atoms with Crippen LogP contribution in [0.15, 0.2) is 48.8 Å². The van der Waals surface area contributed by atoms with Gasteiger partial charge in [0.15, 0.2) is 17.5 Å². The van der Waals surface area contributed by atoms with Crippen LogP contribution in [-0.4, -0.2) is 53.0 Å². The SMILES string of the molecule is CNC1CCCC(F)(F)C1N(C)c1nc(Nc2cccc(-c3ncccn3)c2)c(C(N)=O)cc1F. The van der Waals surface area contributed by atoms with Gasteiger partial charge in [-0.25, -0.2) is 28.1 Å². The molecule has 1 saturated carbocycles. The fourth-order valence-corrected chi connectivity index (χ4v) is 4.48. The minimum absolute atomic E-state index is 0.0491. The molecule has 1 aliphatic rings. The zero-order chi connectivity index (χ0) is 25.2. The molecule has 2 unspecified atom stereocenters. The van der Waals surface area contributed by atoms with Crippen molar-refractivity contribution in [3.05, 3.63) is 60.2 Å². The van der Waals surface area contributed by atoms with E-state index in [0.29, 0.717) is 29.9 Å². The van der Waals surface area contributed by atoms with E-state index in [1.54, 1.807) is 49.8 Å². The lowest BCUT2D eigenvalue weighted by molar-refractivity contribution is -0.0632. The molecule has 0 saturated heterocycles. The van der Waals surface area contributed by atoms with Crippen LogP contribution in [0, 0.1) is 5.82 Å². The Morgan fingerprint density at radius 2 is 1.94 bits per heavy atom. The second kappa shape index (κ2) is 9.87. The van der Waals surface area contributed by atoms with Gasteiger partial charge in [0.25, 0.3) is 11.8 Å². The normalized spacial score (nSPS) is 19.2. The molecule has 2 aromatic heterocycles. The van der Waals surface area contributed by atoms with Crippen LogP contribution in [0.2, 0.25) is 0 Å². The molecule has 0 bridgehead atoms. The molecule has 8 nitrogen and oxygen atoms in total. The van der Waals surface area contributed by atoms with Crippen LogP contribution in [0.4, 0.5) is 30.5 Å². The quantitative estimate of drug-likeness (QED) is 0.468. The van der Waals surface area contributed by atoms with E-state index in [1.807, 2.05) is 0 Å². The number of rotatable bonds is 7. The zero-order valence-corrected chi connectivity index (χ0v) is 19.3. The Morgan fingerprint density at radius 3 is 2.63 bits per heavy atom. The highest BCUT2D eigenvalue weighted by Crippen LogP contribution is 2.39. The number of alkyl halides is 2. The molecule has 35 heavy (non-hydrogen) atoms. The summed E-state index contributed by atoms with van der Waals surface area (Å²) < 4.78 is 44.9. The molecule has 1 aliphatic carbocycles. The molecule has 4 N–H and O–H groups in total. The lowest BCUT2D eigenvalue weighted by Gasteiger charge is -2.43. The minimum atomic E-state index is -3.06. The number of pyridine rings is 1. The zero-order valence-electron chi connectivity index (χ0n) is 19.3. The van der Waals surface area contributed by atoms with E-state index in [4.69, 9.17) is 5.73 Å².